The molecule has 0 aliphatic carbocycles. The summed E-state index contributed by atoms with van der Waals surface area (Å²) in [6.07, 6.45) is 2.95. The predicted octanol–water partition coefficient (Wildman–Crippen LogP) is 5.36. The van der Waals surface area contributed by atoms with Crippen LogP contribution in [-0.4, -0.2) is 17.9 Å². The standard InChI is InChI=1S/C29H31NP2/c1-2-29(30,23-31(25-15-7-3-8-16-25)26-17-9-4-10-18-26)24-32(27-19-11-5-12-20-27)28-21-13-6-14-22-28/h3-22H,2,23-24,30H2,1H3. The van der Waals surface area contributed by atoms with Crippen LogP contribution in [0, 0.1) is 0 Å². The fourth-order valence-electron chi connectivity index (χ4n) is 4.00. The smallest absolute Gasteiger partial charge is 0.0243 e. The molecule has 0 atom stereocenters. The highest BCUT2D eigenvalue weighted by atomic mass is 31.1. The van der Waals surface area contributed by atoms with Crippen molar-refractivity contribution in [2.45, 2.75) is 18.9 Å². The first-order chi connectivity index (χ1) is 15.7. The molecule has 0 bridgehead atoms. The van der Waals surface area contributed by atoms with Crippen LogP contribution in [0.3, 0.4) is 0 Å². The summed E-state index contributed by atoms with van der Waals surface area (Å²) >= 11 is 0. The minimum absolute atomic E-state index is 0.241. The molecule has 0 aliphatic rings. The van der Waals surface area contributed by atoms with Crippen LogP contribution in [0.2, 0.25) is 0 Å². The molecule has 0 aliphatic heterocycles. The zero-order chi connectivity index (χ0) is 22.2. The lowest BCUT2D eigenvalue weighted by molar-refractivity contribution is 0.517. The van der Waals surface area contributed by atoms with Crippen molar-refractivity contribution in [1.29, 1.82) is 0 Å². The summed E-state index contributed by atoms with van der Waals surface area (Å²) in [5.74, 6) is 0. The molecule has 0 radical (unpaired) electrons. The van der Waals surface area contributed by atoms with E-state index in [2.05, 4.69) is 128 Å². The van der Waals surface area contributed by atoms with Gasteiger partial charge in [-0.05, 0) is 55.8 Å². The lowest BCUT2D eigenvalue weighted by Gasteiger charge is -2.36. The van der Waals surface area contributed by atoms with Crippen molar-refractivity contribution in [2.24, 2.45) is 5.73 Å². The quantitative estimate of drug-likeness (QED) is 0.338. The van der Waals surface area contributed by atoms with Crippen LogP contribution in [0.25, 0.3) is 0 Å². The van der Waals surface area contributed by atoms with E-state index in [1.54, 1.807) is 0 Å². The van der Waals surface area contributed by atoms with Gasteiger partial charge in [0.1, 0.15) is 0 Å². The van der Waals surface area contributed by atoms with Gasteiger partial charge in [-0.3, -0.25) is 0 Å². The van der Waals surface area contributed by atoms with Gasteiger partial charge < -0.3 is 5.73 Å². The third kappa shape index (κ3) is 5.73. The zero-order valence-electron chi connectivity index (χ0n) is 18.6. The molecule has 162 valence electrons. The van der Waals surface area contributed by atoms with Crippen LogP contribution in [0.4, 0.5) is 0 Å². The Bertz CT molecular complexity index is 905. The molecule has 0 amide bonds. The molecule has 4 aromatic carbocycles. The molecule has 0 fully saturated rings. The van der Waals surface area contributed by atoms with Crippen molar-refractivity contribution < 1.29 is 0 Å². The van der Waals surface area contributed by atoms with E-state index in [0.29, 0.717) is 0 Å². The van der Waals surface area contributed by atoms with E-state index in [1.165, 1.54) is 21.2 Å². The number of nitrogens with two attached hydrogens (primary N) is 1. The topological polar surface area (TPSA) is 26.0 Å². The average molecular weight is 456 g/mol. The Morgan fingerprint density at radius 1 is 0.500 bits per heavy atom. The second-order valence-electron chi connectivity index (χ2n) is 8.23. The highest BCUT2D eigenvalue weighted by Gasteiger charge is 2.32. The first-order valence-corrected chi connectivity index (χ1v) is 14.3. The van der Waals surface area contributed by atoms with Gasteiger partial charge in [-0.1, -0.05) is 128 Å². The fraction of sp³-hybridized carbons (Fsp3) is 0.172. The molecule has 0 aromatic heterocycles. The molecule has 0 heterocycles. The third-order valence-electron chi connectivity index (χ3n) is 5.92. The Morgan fingerprint density at radius 2 is 0.750 bits per heavy atom. The highest BCUT2D eigenvalue weighted by molar-refractivity contribution is 7.74. The molecule has 0 saturated heterocycles. The summed E-state index contributed by atoms with van der Waals surface area (Å²) in [5, 5.41) is 5.61. The van der Waals surface area contributed by atoms with Crippen molar-refractivity contribution in [3.63, 3.8) is 0 Å². The SMILES string of the molecule is CCC(N)(CP(c1ccccc1)c1ccccc1)CP(c1ccccc1)c1ccccc1. The zero-order valence-corrected chi connectivity index (χ0v) is 20.4. The molecule has 0 spiro atoms. The van der Waals surface area contributed by atoms with Crippen molar-refractivity contribution in [1.82, 2.24) is 0 Å². The number of benzene rings is 4. The summed E-state index contributed by atoms with van der Waals surface area (Å²) in [4.78, 5) is 0. The van der Waals surface area contributed by atoms with Crippen molar-refractivity contribution in [3.05, 3.63) is 121 Å². The maximum atomic E-state index is 7.28. The second-order valence-corrected chi connectivity index (χ2v) is 12.6. The van der Waals surface area contributed by atoms with E-state index in [-0.39, 0.29) is 5.54 Å². The van der Waals surface area contributed by atoms with Gasteiger partial charge >= 0.3 is 0 Å². The Morgan fingerprint density at radius 3 is 0.969 bits per heavy atom. The predicted molar refractivity (Wildman–Crippen MR) is 145 cm³/mol. The normalized spacial score (nSPS) is 11.8. The molecule has 0 unspecified atom stereocenters. The molecular weight excluding hydrogens is 424 g/mol. The Labute approximate surface area is 195 Å². The third-order valence-corrected chi connectivity index (χ3v) is 11.5. The number of rotatable bonds is 9. The van der Waals surface area contributed by atoms with Gasteiger partial charge in [0.15, 0.2) is 0 Å². The molecule has 4 rings (SSSR count). The van der Waals surface area contributed by atoms with E-state index in [4.69, 9.17) is 5.73 Å². The van der Waals surface area contributed by atoms with Gasteiger partial charge in [0.2, 0.25) is 0 Å². The van der Waals surface area contributed by atoms with E-state index in [0.717, 1.165) is 18.7 Å². The van der Waals surface area contributed by atoms with Crippen molar-refractivity contribution in [2.75, 3.05) is 12.3 Å². The van der Waals surface area contributed by atoms with Crippen LogP contribution < -0.4 is 27.0 Å². The maximum absolute atomic E-state index is 7.28. The monoisotopic (exact) mass is 455 g/mol. The lowest BCUT2D eigenvalue weighted by Crippen LogP contribution is -2.48. The van der Waals surface area contributed by atoms with Crippen LogP contribution >= 0.6 is 15.8 Å². The van der Waals surface area contributed by atoms with Gasteiger partial charge in [0.25, 0.3) is 0 Å². The summed E-state index contributed by atoms with van der Waals surface area (Å²) in [6.45, 7) is 2.26. The molecule has 4 aromatic rings. The molecule has 1 nitrogen and oxygen atoms in total. The summed E-state index contributed by atoms with van der Waals surface area (Å²) in [6, 6.07) is 43.8. The molecule has 32 heavy (non-hydrogen) atoms. The van der Waals surface area contributed by atoms with Gasteiger partial charge in [-0.15, -0.1) is 0 Å². The van der Waals surface area contributed by atoms with E-state index in [1.807, 2.05) is 0 Å². The highest BCUT2D eigenvalue weighted by Crippen LogP contribution is 2.43. The number of hydrogen-bond donors (Lipinski definition) is 1. The average Bonchev–Trinajstić information content (AvgIpc) is 2.88. The number of hydrogen-bond acceptors (Lipinski definition) is 1. The minimum atomic E-state index is -0.528. The van der Waals surface area contributed by atoms with Crippen LogP contribution in [0.5, 0.6) is 0 Å². The Kier molecular flexibility index (Phi) is 7.88. The van der Waals surface area contributed by atoms with Crippen molar-refractivity contribution >= 4 is 37.1 Å². The molecule has 2 N–H and O–H groups in total. The summed E-state index contributed by atoms with van der Waals surface area (Å²) < 4.78 is 0. The van der Waals surface area contributed by atoms with Crippen LogP contribution in [0.1, 0.15) is 13.3 Å². The second kappa shape index (κ2) is 11.0. The maximum Gasteiger partial charge on any atom is 0.0243 e. The lowest BCUT2D eigenvalue weighted by atomic mass is 10.0. The van der Waals surface area contributed by atoms with Crippen molar-refractivity contribution in [3.8, 4) is 0 Å². The van der Waals surface area contributed by atoms with Crippen LogP contribution in [0.15, 0.2) is 121 Å². The van der Waals surface area contributed by atoms with Gasteiger partial charge in [-0.2, -0.15) is 0 Å². The fourth-order valence-corrected chi connectivity index (χ4v) is 9.56. The van der Waals surface area contributed by atoms with E-state index >= 15 is 0 Å². The molecule has 3 heteroatoms. The van der Waals surface area contributed by atoms with E-state index < -0.39 is 15.8 Å². The molecular formula is C29H31NP2. The van der Waals surface area contributed by atoms with E-state index in [9.17, 15) is 0 Å². The summed E-state index contributed by atoms with van der Waals surface area (Å²) in [5.41, 5.74) is 7.04. The Balaban J connectivity index is 1.69. The first-order valence-electron chi connectivity index (χ1n) is 11.2. The van der Waals surface area contributed by atoms with Gasteiger partial charge in [0, 0.05) is 5.54 Å². The van der Waals surface area contributed by atoms with Crippen LogP contribution in [-0.2, 0) is 0 Å². The largest absolute Gasteiger partial charge is 0.324 e. The van der Waals surface area contributed by atoms with Gasteiger partial charge in [0.05, 0.1) is 0 Å². The summed E-state index contributed by atoms with van der Waals surface area (Å²) in [7, 11) is -1.06. The minimum Gasteiger partial charge on any atom is -0.324 e. The molecule has 0 saturated carbocycles. The Hall–Kier alpha value is -2.30. The van der Waals surface area contributed by atoms with Gasteiger partial charge in [-0.25, -0.2) is 0 Å². The first kappa shape index (κ1) is 22.9.